The quantitative estimate of drug-likeness (QED) is 0.542. The molecule has 2 amide bonds. The molecule has 6 heteroatoms. The Hall–Kier alpha value is -3.18. The lowest BCUT2D eigenvalue weighted by molar-refractivity contribution is -0.125. The average molecular weight is 443 g/mol. The highest BCUT2D eigenvalue weighted by atomic mass is 35.5. The summed E-state index contributed by atoms with van der Waals surface area (Å²) in [4.78, 5) is 34.4. The lowest BCUT2D eigenvalue weighted by atomic mass is 9.71. The normalized spacial score (nSPS) is 32.3. The van der Waals surface area contributed by atoms with Gasteiger partial charge < -0.3 is 4.84 Å². The second-order valence-corrected chi connectivity index (χ2v) is 9.62. The number of hydrogen-bond acceptors (Lipinski definition) is 4. The van der Waals surface area contributed by atoms with Gasteiger partial charge in [0.25, 0.3) is 0 Å². The van der Waals surface area contributed by atoms with Gasteiger partial charge in [-0.2, -0.15) is 0 Å². The van der Waals surface area contributed by atoms with Crippen LogP contribution in [0.1, 0.15) is 12.0 Å². The van der Waals surface area contributed by atoms with Crippen molar-refractivity contribution in [3.05, 3.63) is 77.3 Å². The molecule has 2 aliphatic heterocycles. The molecule has 0 unspecified atom stereocenters. The van der Waals surface area contributed by atoms with Gasteiger partial charge in [-0.05, 0) is 41.3 Å². The van der Waals surface area contributed by atoms with Crippen molar-refractivity contribution < 1.29 is 14.4 Å². The van der Waals surface area contributed by atoms with Crippen LogP contribution < -0.4 is 4.90 Å². The second kappa shape index (κ2) is 6.42. The first-order valence-electron chi connectivity index (χ1n) is 11.0. The van der Waals surface area contributed by atoms with Crippen LogP contribution in [0, 0.1) is 29.6 Å². The van der Waals surface area contributed by atoms with Crippen LogP contribution in [0.15, 0.2) is 71.9 Å². The Bertz CT molecular complexity index is 1350. The van der Waals surface area contributed by atoms with Crippen molar-refractivity contribution in [3.8, 4) is 0 Å². The van der Waals surface area contributed by atoms with Crippen LogP contribution in [0.4, 0.5) is 5.69 Å². The highest BCUT2D eigenvalue weighted by Gasteiger charge is 2.70. The van der Waals surface area contributed by atoms with Gasteiger partial charge in [0.05, 0.1) is 23.2 Å². The van der Waals surface area contributed by atoms with Crippen molar-refractivity contribution >= 4 is 45.6 Å². The highest BCUT2D eigenvalue weighted by molar-refractivity contribution is 6.34. The zero-order valence-electron chi connectivity index (χ0n) is 17.0. The van der Waals surface area contributed by atoms with Crippen molar-refractivity contribution in [1.29, 1.82) is 0 Å². The number of carbonyl (C=O) groups excluding carboxylic acids is 2. The fourth-order valence-corrected chi connectivity index (χ4v) is 6.82. The van der Waals surface area contributed by atoms with E-state index in [1.807, 2.05) is 66.7 Å². The van der Waals surface area contributed by atoms with E-state index in [1.54, 1.807) is 0 Å². The monoisotopic (exact) mass is 442 g/mol. The van der Waals surface area contributed by atoms with Gasteiger partial charge in [0.1, 0.15) is 6.10 Å². The molecule has 32 heavy (non-hydrogen) atoms. The summed E-state index contributed by atoms with van der Waals surface area (Å²) >= 11 is 6.45. The molecule has 0 radical (unpaired) electrons. The van der Waals surface area contributed by atoms with Gasteiger partial charge in [-0.1, -0.05) is 65.3 Å². The van der Waals surface area contributed by atoms with Gasteiger partial charge >= 0.3 is 0 Å². The minimum Gasteiger partial charge on any atom is -0.391 e. The molecule has 6 atom stereocenters. The summed E-state index contributed by atoms with van der Waals surface area (Å²) in [6.45, 7) is 0. The third-order valence-corrected chi connectivity index (χ3v) is 8.16. The number of rotatable bonds is 2. The molecule has 2 saturated carbocycles. The number of carbonyl (C=O) groups is 2. The lowest BCUT2D eigenvalue weighted by Gasteiger charge is -2.30. The molecule has 0 N–H and O–H groups in total. The molecule has 3 aromatic carbocycles. The Morgan fingerprint density at radius 1 is 0.844 bits per heavy atom. The Morgan fingerprint density at radius 2 is 1.56 bits per heavy atom. The summed E-state index contributed by atoms with van der Waals surface area (Å²) in [5.74, 6) is -0.817. The number of nitrogens with zero attached hydrogens (tertiary/aromatic N) is 2. The van der Waals surface area contributed by atoms with Gasteiger partial charge in [0.15, 0.2) is 0 Å². The molecule has 7 rings (SSSR count). The number of halogens is 1. The van der Waals surface area contributed by atoms with E-state index in [-0.39, 0.29) is 47.5 Å². The second-order valence-electron chi connectivity index (χ2n) is 9.21. The van der Waals surface area contributed by atoms with Crippen LogP contribution in [0.25, 0.3) is 10.8 Å². The largest absolute Gasteiger partial charge is 0.391 e. The molecule has 3 aromatic rings. The standard InChI is InChI=1S/C26H19ClN2O3/c27-19-8-4-3-7-16(19)23-22-17-12-18(24(22)32-28-23)21-20(17)25(30)29(26(21)31)15-10-9-13-5-1-2-6-14(13)11-15/h1-11,17-18,20-22,24H,12H2/t17-,18+,20-,21+,22+,24-/m1/s1. The van der Waals surface area contributed by atoms with Gasteiger partial charge in [-0.15, -0.1) is 0 Å². The third-order valence-electron chi connectivity index (χ3n) is 7.83. The Morgan fingerprint density at radius 3 is 2.38 bits per heavy atom. The minimum absolute atomic E-state index is 0.000596. The van der Waals surface area contributed by atoms with Crippen molar-refractivity contribution in [2.45, 2.75) is 12.5 Å². The average Bonchev–Trinajstić information content (AvgIpc) is 3.54. The highest BCUT2D eigenvalue weighted by Crippen LogP contribution is 2.62. The van der Waals surface area contributed by atoms with Gasteiger partial charge in [0, 0.05) is 22.4 Å². The van der Waals surface area contributed by atoms with Crippen molar-refractivity contribution in [3.63, 3.8) is 0 Å². The van der Waals surface area contributed by atoms with E-state index in [0.29, 0.717) is 10.7 Å². The molecular weight excluding hydrogens is 424 g/mol. The van der Waals surface area contributed by atoms with Crippen molar-refractivity contribution in [2.24, 2.45) is 34.7 Å². The fraction of sp³-hybridized carbons (Fsp3) is 0.269. The molecule has 5 nitrogen and oxygen atoms in total. The molecule has 2 bridgehead atoms. The lowest BCUT2D eigenvalue weighted by Crippen LogP contribution is -2.41. The summed E-state index contributed by atoms with van der Waals surface area (Å²) in [5, 5.41) is 7.10. The summed E-state index contributed by atoms with van der Waals surface area (Å²) in [5.41, 5.74) is 2.32. The number of oxime groups is 1. The van der Waals surface area contributed by atoms with Crippen LogP contribution in [-0.4, -0.2) is 23.6 Å². The van der Waals surface area contributed by atoms with E-state index >= 15 is 0 Å². The van der Waals surface area contributed by atoms with Crippen LogP contribution in [0.2, 0.25) is 5.02 Å². The van der Waals surface area contributed by atoms with Crippen molar-refractivity contribution in [1.82, 2.24) is 0 Å². The Balaban J connectivity index is 1.26. The zero-order valence-corrected chi connectivity index (χ0v) is 17.8. The first-order valence-corrected chi connectivity index (χ1v) is 11.4. The molecule has 2 heterocycles. The molecule has 1 saturated heterocycles. The maximum Gasteiger partial charge on any atom is 0.238 e. The molecule has 4 aliphatic rings. The van der Waals surface area contributed by atoms with E-state index in [0.717, 1.165) is 28.5 Å². The van der Waals surface area contributed by atoms with Gasteiger partial charge in [-0.3, -0.25) is 14.5 Å². The predicted octanol–water partition coefficient (Wildman–Crippen LogP) is 4.67. The van der Waals surface area contributed by atoms with E-state index in [1.165, 1.54) is 4.90 Å². The maximum absolute atomic E-state index is 13.6. The summed E-state index contributed by atoms with van der Waals surface area (Å²) in [6, 6.07) is 21.3. The molecular formula is C26H19ClN2O3. The number of hydrogen-bond donors (Lipinski definition) is 0. The maximum atomic E-state index is 13.6. The molecule has 0 aromatic heterocycles. The van der Waals surface area contributed by atoms with Gasteiger partial charge in [-0.25, -0.2) is 0 Å². The van der Waals surface area contributed by atoms with Crippen LogP contribution in [0.3, 0.4) is 0 Å². The molecule has 2 aliphatic carbocycles. The van der Waals surface area contributed by atoms with Crippen LogP contribution in [0.5, 0.6) is 0 Å². The predicted molar refractivity (Wildman–Crippen MR) is 121 cm³/mol. The number of amides is 2. The number of imide groups is 1. The summed E-state index contributed by atoms with van der Waals surface area (Å²) in [6.07, 6.45) is 0.651. The topological polar surface area (TPSA) is 59.0 Å². The van der Waals surface area contributed by atoms with E-state index in [2.05, 4.69) is 5.16 Å². The molecule has 3 fully saturated rings. The van der Waals surface area contributed by atoms with E-state index in [9.17, 15) is 9.59 Å². The number of anilines is 1. The molecule has 0 spiro atoms. The third kappa shape index (κ3) is 2.27. The first-order chi connectivity index (χ1) is 15.6. The Labute approximate surface area is 189 Å². The summed E-state index contributed by atoms with van der Waals surface area (Å²) in [7, 11) is 0. The van der Waals surface area contributed by atoms with E-state index < -0.39 is 0 Å². The number of benzene rings is 3. The van der Waals surface area contributed by atoms with Crippen molar-refractivity contribution in [2.75, 3.05) is 4.90 Å². The minimum atomic E-state index is -0.332. The SMILES string of the molecule is O=C1[C@@H]2[C@H]3C[C@H]([C@H]4ON=C(c5ccccc5Cl)[C@H]34)[C@@H]2C(=O)N1c1ccc2ccccc2c1. The fourth-order valence-electron chi connectivity index (χ4n) is 6.59. The first kappa shape index (κ1) is 18.4. The smallest absolute Gasteiger partial charge is 0.238 e. The Kier molecular flexibility index (Phi) is 3.69. The zero-order chi connectivity index (χ0) is 21.6. The van der Waals surface area contributed by atoms with Crippen LogP contribution >= 0.6 is 11.6 Å². The van der Waals surface area contributed by atoms with E-state index in [4.69, 9.17) is 16.4 Å². The molecule has 158 valence electrons. The summed E-state index contributed by atoms with van der Waals surface area (Å²) < 4.78 is 0. The van der Waals surface area contributed by atoms with Gasteiger partial charge in [0.2, 0.25) is 11.8 Å². The number of fused-ring (bicyclic) bond motifs is 9. The van der Waals surface area contributed by atoms with Crippen LogP contribution in [-0.2, 0) is 14.4 Å².